The molecule has 0 spiro atoms. The topological polar surface area (TPSA) is 93.1 Å². The van der Waals surface area contributed by atoms with Crippen molar-refractivity contribution in [2.24, 2.45) is 4.99 Å². The van der Waals surface area contributed by atoms with Crippen LogP contribution in [0, 0.1) is 0 Å². The maximum absolute atomic E-state index is 13.1. The quantitative estimate of drug-likeness (QED) is 0.384. The third-order valence-corrected chi connectivity index (χ3v) is 6.64. The van der Waals surface area contributed by atoms with E-state index in [0.29, 0.717) is 35.2 Å². The number of allylic oxidation sites excluding steroid dienone is 1. The zero-order valence-corrected chi connectivity index (χ0v) is 21.1. The third-order valence-electron chi connectivity index (χ3n) is 5.76. The van der Waals surface area contributed by atoms with Gasteiger partial charge in [-0.2, -0.15) is 0 Å². The lowest BCUT2D eigenvalue weighted by Gasteiger charge is -2.36. The number of thioether (sulfide) groups is 1. The Kier molecular flexibility index (Phi) is 8.22. The largest absolute Gasteiger partial charge is 0.497 e. The highest BCUT2D eigenvalue weighted by Gasteiger charge is 2.41. The van der Waals surface area contributed by atoms with Crippen LogP contribution in [0.1, 0.15) is 30.6 Å². The standard InChI is InChI=1S/C27H28N4O4S/c1-4-15-35-26(33)24-18(2)30-27-31(25(24)19-8-10-22(34-3)11-9-19)21(17-36-27)16-23(32)29-14-12-20-7-5-6-13-28-20/h4-11,13,17,25H,1,12,14-16H2,2-3H3,(H,29,32). The molecule has 0 radical (unpaired) electrons. The van der Waals surface area contributed by atoms with E-state index in [1.54, 1.807) is 20.2 Å². The Morgan fingerprint density at radius 2 is 2.03 bits per heavy atom. The summed E-state index contributed by atoms with van der Waals surface area (Å²) in [4.78, 5) is 36.8. The maximum atomic E-state index is 13.1. The molecule has 0 saturated carbocycles. The first-order valence-corrected chi connectivity index (χ1v) is 12.4. The number of nitrogens with one attached hydrogen (secondary N) is 1. The SMILES string of the molecule is C=CCOC(=O)C1=C(C)N=C2SC=C(CC(=O)NCCc3ccccn3)N2C1c1ccc(OC)cc1. The first-order valence-electron chi connectivity index (χ1n) is 11.5. The van der Waals surface area contributed by atoms with Crippen molar-refractivity contribution < 1.29 is 19.1 Å². The van der Waals surface area contributed by atoms with E-state index in [1.165, 1.54) is 17.8 Å². The molecule has 1 N–H and O–H groups in total. The van der Waals surface area contributed by atoms with Gasteiger partial charge in [-0.3, -0.25) is 9.78 Å². The predicted molar refractivity (Wildman–Crippen MR) is 140 cm³/mol. The van der Waals surface area contributed by atoms with Crippen molar-refractivity contribution in [2.75, 3.05) is 20.3 Å². The number of nitrogens with zero attached hydrogens (tertiary/aromatic N) is 3. The number of aromatic nitrogens is 1. The van der Waals surface area contributed by atoms with Crippen LogP contribution in [-0.4, -0.2) is 47.2 Å². The minimum Gasteiger partial charge on any atom is -0.497 e. The van der Waals surface area contributed by atoms with Gasteiger partial charge in [0.25, 0.3) is 0 Å². The molecule has 2 aromatic rings. The van der Waals surface area contributed by atoms with E-state index in [4.69, 9.17) is 9.47 Å². The lowest BCUT2D eigenvalue weighted by atomic mass is 9.93. The maximum Gasteiger partial charge on any atom is 0.338 e. The van der Waals surface area contributed by atoms with Crippen molar-refractivity contribution in [2.45, 2.75) is 25.8 Å². The lowest BCUT2D eigenvalue weighted by molar-refractivity contribution is -0.138. The zero-order chi connectivity index (χ0) is 25.5. The Morgan fingerprint density at radius 3 is 2.72 bits per heavy atom. The van der Waals surface area contributed by atoms with Gasteiger partial charge >= 0.3 is 5.97 Å². The highest BCUT2D eigenvalue weighted by Crippen LogP contribution is 2.45. The predicted octanol–water partition coefficient (Wildman–Crippen LogP) is 4.14. The number of amidine groups is 1. The van der Waals surface area contributed by atoms with E-state index in [0.717, 1.165) is 17.0 Å². The van der Waals surface area contributed by atoms with Crippen LogP contribution in [0.15, 0.2) is 88.7 Å². The number of ether oxygens (including phenoxy) is 2. The Hall–Kier alpha value is -3.85. The monoisotopic (exact) mass is 504 g/mol. The number of pyridine rings is 1. The van der Waals surface area contributed by atoms with Crippen LogP contribution < -0.4 is 10.1 Å². The summed E-state index contributed by atoms with van der Waals surface area (Å²) in [6, 6.07) is 12.7. The zero-order valence-electron chi connectivity index (χ0n) is 20.3. The van der Waals surface area contributed by atoms with Crippen LogP contribution in [0.25, 0.3) is 0 Å². The Bertz CT molecular complexity index is 1220. The number of esters is 1. The molecule has 8 nitrogen and oxygen atoms in total. The molecule has 36 heavy (non-hydrogen) atoms. The van der Waals surface area contributed by atoms with Crippen LogP contribution in [0.4, 0.5) is 0 Å². The second kappa shape index (κ2) is 11.7. The first-order chi connectivity index (χ1) is 17.5. The number of amides is 1. The molecule has 9 heteroatoms. The second-order valence-corrected chi connectivity index (χ2v) is 8.99. The highest BCUT2D eigenvalue weighted by molar-refractivity contribution is 8.16. The summed E-state index contributed by atoms with van der Waals surface area (Å²) in [6.07, 6.45) is 4.06. The van der Waals surface area contributed by atoms with Gasteiger partial charge in [0, 0.05) is 30.6 Å². The fourth-order valence-electron chi connectivity index (χ4n) is 4.05. The van der Waals surface area contributed by atoms with Crippen LogP contribution >= 0.6 is 11.8 Å². The molecule has 186 valence electrons. The van der Waals surface area contributed by atoms with Crippen molar-refractivity contribution in [1.29, 1.82) is 0 Å². The Balaban J connectivity index is 1.56. The fourth-order valence-corrected chi connectivity index (χ4v) is 5.01. The van der Waals surface area contributed by atoms with Gasteiger partial charge in [0.15, 0.2) is 5.17 Å². The van der Waals surface area contributed by atoms with E-state index < -0.39 is 12.0 Å². The normalized spacial score (nSPS) is 16.6. The van der Waals surface area contributed by atoms with Gasteiger partial charge < -0.3 is 19.7 Å². The molecule has 1 unspecified atom stereocenters. The average molecular weight is 505 g/mol. The second-order valence-electron chi connectivity index (χ2n) is 8.15. The number of hydrogen-bond acceptors (Lipinski definition) is 8. The highest BCUT2D eigenvalue weighted by atomic mass is 32.2. The fraction of sp³-hybridized carbons (Fsp3) is 0.259. The molecule has 2 aliphatic rings. The van der Waals surface area contributed by atoms with Crippen molar-refractivity contribution in [1.82, 2.24) is 15.2 Å². The number of rotatable bonds is 10. The molecule has 3 heterocycles. The summed E-state index contributed by atoms with van der Waals surface area (Å²) >= 11 is 1.44. The van der Waals surface area contributed by atoms with Crippen molar-refractivity contribution in [3.8, 4) is 5.75 Å². The number of hydrogen-bond donors (Lipinski definition) is 1. The molecule has 1 atom stereocenters. The van der Waals surface area contributed by atoms with Crippen molar-refractivity contribution in [3.63, 3.8) is 0 Å². The molecule has 0 bridgehead atoms. The molecule has 1 amide bonds. The van der Waals surface area contributed by atoms with Crippen molar-refractivity contribution >= 4 is 28.8 Å². The van der Waals surface area contributed by atoms with E-state index in [9.17, 15) is 9.59 Å². The van der Waals surface area contributed by atoms with Gasteiger partial charge in [-0.25, -0.2) is 9.79 Å². The number of aliphatic imine (C=N–C) groups is 1. The van der Waals surface area contributed by atoms with Crippen LogP contribution in [-0.2, 0) is 20.7 Å². The minimum absolute atomic E-state index is 0.0949. The van der Waals surface area contributed by atoms with Gasteiger partial charge in [-0.1, -0.05) is 42.6 Å². The summed E-state index contributed by atoms with van der Waals surface area (Å²) in [5, 5.41) is 5.60. The molecule has 0 fully saturated rings. The molecule has 2 aliphatic heterocycles. The average Bonchev–Trinajstić information content (AvgIpc) is 3.28. The first kappa shape index (κ1) is 25.2. The number of benzene rings is 1. The molecular weight excluding hydrogens is 476 g/mol. The summed E-state index contributed by atoms with van der Waals surface area (Å²) < 4.78 is 10.7. The van der Waals surface area contributed by atoms with Crippen molar-refractivity contribution in [3.05, 3.63) is 94.9 Å². The number of carbonyl (C=O) groups excluding carboxylic acids is 2. The number of methoxy groups -OCH3 is 1. The summed E-state index contributed by atoms with van der Waals surface area (Å²) in [7, 11) is 1.60. The van der Waals surface area contributed by atoms with Crippen LogP contribution in [0.2, 0.25) is 0 Å². The lowest BCUT2D eigenvalue weighted by Crippen LogP contribution is -2.38. The molecule has 1 aromatic heterocycles. The molecule has 4 rings (SSSR count). The van der Waals surface area contributed by atoms with E-state index in [1.807, 2.05) is 52.8 Å². The molecule has 0 aliphatic carbocycles. The number of fused-ring (bicyclic) bond motifs is 1. The van der Waals surface area contributed by atoms with Crippen LogP contribution in [0.5, 0.6) is 5.75 Å². The third kappa shape index (κ3) is 5.68. The smallest absolute Gasteiger partial charge is 0.338 e. The van der Waals surface area contributed by atoms with E-state index >= 15 is 0 Å². The molecule has 1 aromatic carbocycles. The number of carbonyl (C=O) groups is 2. The van der Waals surface area contributed by atoms with Gasteiger partial charge in [0.2, 0.25) is 5.91 Å². The summed E-state index contributed by atoms with van der Waals surface area (Å²) in [5.41, 5.74) is 3.54. The summed E-state index contributed by atoms with van der Waals surface area (Å²) in [6.45, 7) is 6.01. The molecular formula is C27H28N4O4S. The van der Waals surface area contributed by atoms with E-state index in [-0.39, 0.29) is 18.9 Å². The van der Waals surface area contributed by atoms with Crippen LogP contribution in [0.3, 0.4) is 0 Å². The van der Waals surface area contributed by atoms with Gasteiger partial charge in [0.05, 0.1) is 30.8 Å². The van der Waals surface area contributed by atoms with Gasteiger partial charge in [-0.15, -0.1) is 0 Å². The van der Waals surface area contributed by atoms with E-state index in [2.05, 4.69) is 21.9 Å². The summed E-state index contributed by atoms with van der Waals surface area (Å²) in [5.74, 6) is 0.125. The Morgan fingerprint density at radius 1 is 1.22 bits per heavy atom. The van der Waals surface area contributed by atoms with Gasteiger partial charge in [0.1, 0.15) is 12.4 Å². The molecule has 0 saturated heterocycles. The van der Waals surface area contributed by atoms with Gasteiger partial charge in [-0.05, 0) is 42.2 Å². The Labute approximate surface area is 214 Å². The minimum atomic E-state index is -0.497.